The topological polar surface area (TPSA) is 70.2 Å². The summed E-state index contributed by atoms with van der Waals surface area (Å²) in [7, 11) is 1.63. The monoisotopic (exact) mass is 431 g/mol. The van der Waals surface area contributed by atoms with Crippen molar-refractivity contribution >= 4 is 34.8 Å². The molecule has 0 spiro atoms. The van der Waals surface area contributed by atoms with Crippen LogP contribution in [-0.2, 0) is 16.0 Å². The van der Waals surface area contributed by atoms with Crippen molar-refractivity contribution in [1.82, 2.24) is 10.6 Å². The fourth-order valence-electron chi connectivity index (χ4n) is 3.27. The summed E-state index contributed by atoms with van der Waals surface area (Å²) in [5.41, 5.74) is 3.62. The van der Waals surface area contributed by atoms with Crippen molar-refractivity contribution in [1.29, 1.82) is 0 Å². The number of anilines is 1. The van der Waals surface area contributed by atoms with Gasteiger partial charge in [0.05, 0.1) is 5.92 Å². The standard InChI is InChI=1S/C25H25N3O2S/c1-26-22(29)17-14-18-12-15-21(16-13-18)27-25(31)28-24(30)23(19-8-4-2-5-9-19)20-10-6-3-7-11-20/h2-13,15-16,23H,14,17H2,1H3,(H,26,29)(H2,27,28,30,31). The van der Waals surface area contributed by atoms with Crippen molar-refractivity contribution in [3.05, 3.63) is 102 Å². The summed E-state index contributed by atoms with van der Waals surface area (Å²) >= 11 is 5.37. The molecule has 5 nitrogen and oxygen atoms in total. The molecule has 0 saturated carbocycles. The third-order valence-corrected chi connectivity index (χ3v) is 5.10. The SMILES string of the molecule is CNC(=O)CCc1ccc(NC(=S)NC(=O)C(c2ccccc2)c2ccccc2)cc1. The van der Waals surface area contributed by atoms with E-state index in [0.29, 0.717) is 12.8 Å². The number of thiocarbonyl (C=S) groups is 1. The van der Waals surface area contributed by atoms with Crippen LogP contribution < -0.4 is 16.0 Å². The van der Waals surface area contributed by atoms with E-state index in [9.17, 15) is 9.59 Å². The van der Waals surface area contributed by atoms with E-state index in [2.05, 4.69) is 16.0 Å². The second-order valence-corrected chi connectivity index (χ2v) is 7.48. The van der Waals surface area contributed by atoms with Crippen molar-refractivity contribution in [2.45, 2.75) is 18.8 Å². The van der Waals surface area contributed by atoms with Gasteiger partial charge in [0.15, 0.2) is 5.11 Å². The Hall–Kier alpha value is -3.51. The maximum Gasteiger partial charge on any atom is 0.238 e. The number of rotatable bonds is 7. The Morgan fingerprint density at radius 2 is 1.39 bits per heavy atom. The van der Waals surface area contributed by atoms with Gasteiger partial charge >= 0.3 is 0 Å². The maximum atomic E-state index is 13.1. The van der Waals surface area contributed by atoms with Crippen molar-refractivity contribution in [2.75, 3.05) is 12.4 Å². The van der Waals surface area contributed by atoms with E-state index < -0.39 is 5.92 Å². The minimum absolute atomic E-state index is 0.0116. The second-order valence-electron chi connectivity index (χ2n) is 7.07. The lowest BCUT2D eigenvalue weighted by molar-refractivity contribution is -0.121. The summed E-state index contributed by atoms with van der Waals surface area (Å²) in [4.78, 5) is 24.5. The molecule has 158 valence electrons. The quantitative estimate of drug-likeness (QED) is 0.495. The smallest absolute Gasteiger partial charge is 0.238 e. The van der Waals surface area contributed by atoms with Crippen molar-refractivity contribution < 1.29 is 9.59 Å². The molecule has 0 aliphatic carbocycles. The average molecular weight is 432 g/mol. The predicted molar refractivity (Wildman–Crippen MR) is 128 cm³/mol. The summed E-state index contributed by atoms with van der Waals surface area (Å²) in [5, 5.41) is 8.72. The molecule has 6 heteroatoms. The van der Waals surface area contributed by atoms with Crippen LogP contribution in [0.25, 0.3) is 0 Å². The van der Waals surface area contributed by atoms with Gasteiger partial charge in [0.25, 0.3) is 0 Å². The lowest BCUT2D eigenvalue weighted by atomic mass is 9.90. The minimum atomic E-state index is -0.464. The molecule has 3 aromatic carbocycles. The molecule has 0 bridgehead atoms. The highest BCUT2D eigenvalue weighted by Gasteiger charge is 2.23. The molecule has 3 aromatic rings. The second kappa shape index (κ2) is 11.0. The first-order valence-electron chi connectivity index (χ1n) is 10.1. The van der Waals surface area contributed by atoms with E-state index in [1.165, 1.54) is 0 Å². The van der Waals surface area contributed by atoms with Crippen LogP contribution in [0.3, 0.4) is 0 Å². The number of aryl methyl sites for hydroxylation is 1. The van der Waals surface area contributed by atoms with Gasteiger partial charge in [-0.2, -0.15) is 0 Å². The van der Waals surface area contributed by atoms with Crippen LogP contribution in [0.15, 0.2) is 84.9 Å². The van der Waals surface area contributed by atoms with Gasteiger partial charge < -0.3 is 16.0 Å². The lowest BCUT2D eigenvalue weighted by Gasteiger charge is -2.18. The zero-order valence-electron chi connectivity index (χ0n) is 17.3. The number of carbonyl (C=O) groups excluding carboxylic acids is 2. The summed E-state index contributed by atoms with van der Waals surface area (Å²) in [6.45, 7) is 0. The third kappa shape index (κ3) is 6.49. The number of benzene rings is 3. The van der Waals surface area contributed by atoms with Crippen LogP contribution in [0, 0.1) is 0 Å². The van der Waals surface area contributed by atoms with E-state index in [4.69, 9.17) is 12.2 Å². The first-order valence-corrected chi connectivity index (χ1v) is 10.5. The molecule has 2 amide bonds. The Balaban J connectivity index is 1.64. The first-order chi connectivity index (χ1) is 15.1. The number of hydrogen-bond acceptors (Lipinski definition) is 3. The number of amides is 2. The summed E-state index contributed by atoms with van der Waals surface area (Å²) in [5.74, 6) is -0.649. The molecule has 0 fully saturated rings. The molecular formula is C25H25N3O2S. The highest BCUT2D eigenvalue weighted by Crippen LogP contribution is 2.24. The lowest BCUT2D eigenvalue weighted by Crippen LogP contribution is -2.37. The molecule has 0 atom stereocenters. The molecule has 3 N–H and O–H groups in total. The highest BCUT2D eigenvalue weighted by atomic mass is 32.1. The van der Waals surface area contributed by atoms with Gasteiger partial charge in [-0.3, -0.25) is 9.59 Å². The normalized spacial score (nSPS) is 10.4. The van der Waals surface area contributed by atoms with Gasteiger partial charge in [0, 0.05) is 19.2 Å². The first kappa shape index (κ1) is 22.2. The van der Waals surface area contributed by atoms with Gasteiger partial charge in [-0.25, -0.2) is 0 Å². The summed E-state index contributed by atoms with van der Waals surface area (Å²) in [6.07, 6.45) is 1.11. The van der Waals surface area contributed by atoms with Gasteiger partial charge in [0.1, 0.15) is 0 Å². The van der Waals surface area contributed by atoms with Crippen LogP contribution in [0.2, 0.25) is 0 Å². The van der Waals surface area contributed by atoms with E-state index in [-0.39, 0.29) is 16.9 Å². The van der Waals surface area contributed by atoms with Gasteiger partial charge in [-0.05, 0) is 47.5 Å². The van der Waals surface area contributed by atoms with Crippen LogP contribution >= 0.6 is 12.2 Å². The minimum Gasteiger partial charge on any atom is -0.359 e. The molecule has 0 heterocycles. The third-order valence-electron chi connectivity index (χ3n) is 4.90. The molecule has 0 aliphatic rings. The van der Waals surface area contributed by atoms with Crippen molar-refractivity contribution in [3.63, 3.8) is 0 Å². The van der Waals surface area contributed by atoms with E-state index in [0.717, 1.165) is 22.4 Å². The molecule has 0 aliphatic heterocycles. The van der Waals surface area contributed by atoms with Gasteiger partial charge in [0.2, 0.25) is 11.8 Å². The van der Waals surface area contributed by atoms with E-state index in [1.807, 2.05) is 84.9 Å². The van der Waals surface area contributed by atoms with Crippen molar-refractivity contribution in [2.24, 2.45) is 0 Å². The molecule has 0 radical (unpaired) electrons. The fraction of sp³-hybridized carbons (Fsp3) is 0.160. The van der Waals surface area contributed by atoms with Crippen LogP contribution in [0.4, 0.5) is 5.69 Å². The van der Waals surface area contributed by atoms with Crippen LogP contribution in [-0.4, -0.2) is 24.0 Å². The fourth-order valence-corrected chi connectivity index (χ4v) is 3.49. The molecule has 0 saturated heterocycles. The average Bonchev–Trinajstić information content (AvgIpc) is 2.80. The van der Waals surface area contributed by atoms with E-state index in [1.54, 1.807) is 7.05 Å². The summed E-state index contributed by atoms with van der Waals surface area (Å²) < 4.78 is 0. The Kier molecular flexibility index (Phi) is 7.90. The highest BCUT2D eigenvalue weighted by molar-refractivity contribution is 7.80. The molecule has 0 unspecified atom stereocenters. The number of hydrogen-bond donors (Lipinski definition) is 3. The van der Waals surface area contributed by atoms with Crippen LogP contribution in [0.1, 0.15) is 29.0 Å². The Morgan fingerprint density at radius 1 is 0.839 bits per heavy atom. The number of carbonyl (C=O) groups is 2. The Bertz CT molecular complexity index is 982. The number of nitrogens with one attached hydrogen (secondary N) is 3. The van der Waals surface area contributed by atoms with Gasteiger partial charge in [-0.15, -0.1) is 0 Å². The van der Waals surface area contributed by atoms with Crippen molar-refractivity contribution in [3.8, 4) is 0 Å². The maximum absolute atomic E-state index is 13.1. The molecule has 31 heavy (non-hydrogen) atoms. The Labute approximate surface area is 187 Å². The van der Waals surface area contributed by atoms with Crippen LogP contribution in [0.5, 0.6) is 0 Å². The largest absolute Gasteiger partial charge is 0.359 e. The zero-order chi connectivity index (χ0) is 22.1. The van der Waals surface area contributed by atoms with E-state index >= 15 is 0 Å². The summed E-state index contributed by atoms with van der Waals surface area (Å²) in [6, 6.07) is 26.9. The zero-order valence-corrected chi connectivity index (χ0v) is 18.1. The Morgan fingerprint density at radius 3 is 1.90 bits per heavy atom. The molecule has 0 aromatic heterocycles. The molecule has 3 rings (SSSR count). The van der Waals surface area contributed by atoms with Gasteiger partial charge in [-0.1, -0.05) is 72.8 Å². The molecular weight excluding hydrogens is 406 g/mol. The predicted octanol–water partition coefficient (Wildman–Crippen LogP) is 4.01.